The number of pyridine rings is 1. The van der Waals surface area contributed by atoms with Gasteiger partial charge in [-0.15, -0.1) is 0 Å². The monoisotopic (exact) mass is 450 g/mol. The van der Waals surface area contributed by atoms with Crippen molar-refractivity contribution in [2.24, 2.45) is 17.3 Å². The van der Waals surface area contributed by atoms with Crippen LogP contribution in [0.2, 0.25) is 0 Å². The average Bonchev–Trinajstić information content (AvgIpc) is 2.84. The summed E-state index contributed by atoms with van der Waals surface area (Å²) in [4.78, 5) is 25.2. The molecule has 3 saturated heterocycles. The molecule has 1 spiro atoms. The zero-order valence-electron chi connectivity index (χ0n) is 20.4. The lowest BCUT2D eigenvalue weighted by Gasteiger charge is -2.50. The van der Waals surface area contributed by atoms with E-state index < -0.39 is 0 Å². The van der Waals surface area contributed by atoms with Crippen molar-refractivity contribution in [2.75, 3.05) is 44.2 Å². The minimum absolute atomic E-state index is 0.189. The molecule has 3 aliphatic heterocycles. The van der Waals surface area contributed by atoms with Crippen LogP contribution in [-0.4, -0.2) is 66.0 Å². The summed E-state index contributed by atoms with van der Waals surface area (Å²) < 4.78 is 0. The molecule has 2 aliphatic carbocycles. The first kappa shape index (κ1) is 21.9. The third-order valence-corrected chi connectivity index (χ3v) is 10.2. The van der Waals surface area contributed by atoms with E-state index in [9.17, 15) is 4.79 Å². The number of likely N-dealkylation sites (tertiary alicyclic amines) is 2. The van der Waals surface area contributed by atoms with Crippen molar-refractivity contribution in [1.29, 1.82) is 0 Å². The summed E-state index contributed by atoms with van der Waals surface area (Å²) in [6.45, 7) is 6.74. The Morgan fingerprint density at radius 3 is 2.21 bits per heavy atom. The van der Waals surface area contributed by atoms with Gasteiger partial charge in [0.1, 0.15) is 5.82 Å². The van der Waals surface area contributed by atoms with Gasteiger partial charge in [0.05, 0.1) is 5.56 Å². The van der Waals surface area contributed by atoms with E-state index >= 15 is 0 Å². The Balaban J connectivity index is 1.02. The van der Waals surface area contributed by atoms with E-state index in [4.69, 9.17) is 4.98 Å². The Labute approximate surface area is 199 Å². The molecule has 4 heterocycles. The van der Waals surface area contributed by atoms with Gasteiger partial charge in [0, 0.05) is 38.4 Å². The van der Waals surface area contributed by atoms with Crippen LogP contribution in [0.5, 0.6) is 0 Å². The molecule has 2 saturated carbocycles. The second-order valence-electron chi connectivity index (χ2n) is 11.9. The molecule has 0 aromatic carbocycles. The second kappa shape index (κ2) is 9.20. The quantitative estimate of drug-likeness (QED) is 0.652. The highest BCUT2D eigenvalue weighted by Crippen LogP contribution is 2.43. The minimum Gasteiger partial charge on any atom is -0.357 e. The number of carbonyl (C=O) groups excluding carboxylic acids is 1. The molecule has 180 valence electrons. The molecule has 1 aromatic heterocycles. The third kappa shape index (κ3) is 4.42. The smallest absolute Gasteiger partial charge is 0.255 e. The van der Waals surface area contributed by atoms with Crippen molar-refractivity contribution in [3.8, 4) is 0 Å². The van der Waals surface area contributed by atoms with Crippen LogP contribution in [0.4, 0.5) is 5.82 Å². The maximum absolute atomic E-state index is 13.1. The second-order valence-corrected chi connectivity index (χ2v) is 11.9. The topological polar surface area (TPSA) is 39.7 Å². The molecule has 5 fully saturated rings. The van der Waals surface area contributed by atoms with Crippen molar-refractivity contribution in [2.45, 2.75) is 83.1 Å². The van der Waals surface area contributed by atoms with Gasteiger partial charge in [-0.25, -0.2) is 4.98 Å². The SMILES string of the molecule is O=C(c1ccc(N2CCC3(CC2)CCN(C2CCC2)CC3)nc1)N1CC[C@@H]2CCCC[C@@H]2C1. The molecular weight excluding hydrogens is 408 g/mol. The fourth-order valence-electron chi connectivity index (χ4n) is 7.49. The van der Waals surface area contributed by atoms with Crippen LogP contribution in [-0.2, 0) is 0 Å². The molecular formula is C28H42N4O. The van der Waals surface area contributed by atoms with Crippen LogP contribution in [0.3, 0.4) is 0 Å². The van der Waals surface area contributed by atoms with Crippen LogP contribution in [0.25, 0.3) is 0 Å². The maximum atomic E-state index is 13.1. The summed E-state index contributed by atoms with van der Waals surface area (Å²) in [5.41, 5.74) is 1.34. The Morgan fingerprint density at radius 1 is 0.818 bits per heavy atom. The first-order chi connectivity index (χ1) is 16.2. The summed E-state index contributed by atoms with van der Waals surface area (Å²) in [5.74, 6) is 2.83. The Morgan fingerprint density at radius 2 is 1.55 bits per heavy atom. The fraction of sp³-hybridized carbons (Fsp3) is 0.786. The van der Waals surface area contributed by atoms with Gasteiger partial charge in [-0.3, -0.25) is 4.79 Å². The molecule has 2 atom stereocenters. The first-order valence-electron chi connectivity index (χ1n) is 13.9. The van der Waals surface area contributed by atoms with Gasteiger partial charge in [-0.1, -0.05) is 25.7 Å². The van der Waals surface area contributed by atoms with Crippen molar-refractivity contribution in [1.82, 2.24) is 14.8 Å². The summed E-state index contributed by atoms with van der Waals surface area (Å²) in [6.07, 6.45) is 18.1. The maximum Gasteiger partial charge on any atom is 0.255 e. The Kier molecular flexibility index (Phi) is 6.10. The number of fused-ring (bicyclic) bond motifs is 1. The van der Waals surface area contributed by atoms with Gasteiger partial charge >= 0.3 is 0 Å². The number of anilines is 1. The number of rotatable bonds is 3. The third-order valence-electron chi connectivity index (χ3n) is 10.2. The molecule has 5 nitrogen and oxygen atoms in total. The van der Waals surface area contributed by atoms with Gasteiger partial charge in [0.25, 0.3) is 5.91 Å². The predicted molar refractivity (Wildman–Crippen MR) is 133 cm³/mol. The summed E-state index contributed by atoms with van der Waals surface area (Å²) in [7, 11) is 0. The minimum atomic E-state index is 0.189. The molecule has 33 heavy (non-hydrogen) atoms. The Hall–Kier alpha value is -1.62. The number of carbonyl (C=O) groups is 1. The molecule has 0 bridgehead atoms. The van der Waals surface area contributed by atoms with Crippen LogP contribution in [0, 0.1) is 17.3 Å². The highest BCUT2D eigenvalue weighted by Gasteiger charge is 2.40. The van der Waals surface area contributed by atoms with Crippen molar-refractivity contribution in [3.05, 3.63) is 23.9 Å². The number of hydrogen-bond donors (Lipinski definition) is 0. The highest BCUT2D eigenvalue weighted by atomic mass is 16.2. The fourth-order valence-corrected chi connectivity index (χ4v) is 7.49. The standard InChI is InChI=1S/C28H42N4O/c33-27(32-15-10-22-4-1-2-5-24(22)21-32)23-8-9-26(29-20-23)31-18-13-28(14-19-31)11-16-30(17-12-28)25-6-3-7-25/h8-9,20,22,24-25H,1-7,10-19,21H2/t22-,24+/m0/s1. The molecule has 0 N–H and O–H groups in total. The zero-order chi connectivity index (χ0) is 22.3. The molecule has 0 unspecified atom stereocenters. The van der Waals surface area contributed by atoms with Crippen LogP contribution in [0.1, 0.15) is 87.4 Å². The number of hydrogen-bond acceptors (Lipinski definition) is 4. The van der Waals surface area contributed by atoms with E-state index in [1.165, 1.54) is 90.1 Å². The lowest BCUT2D eigenvalue weighted by Crippen LogP contribution is -2.51. The molecule has 6 rings (SSSR count). The summed E-state index contributed by atoms with van der Waals surface area (Å²) >= 11 is 0. The zero-order valence-corrected chi connectivity index (χ0v) is 20.4. The number of aromatic nitrogens is 1. The molecule has 1 amide bonds. The van der Waals surface area contributed by atoms with Crippen LogP contribution < -0.4 is 4.90 Å². The highest BCUT2D eigenvalue weighted by molar-refractivity contribution is 5.94. The van der Waals surface area contributed by atoms with Gasteiger partial charge < -0.3 is 14.7 Å². The first-order valence-corrected chi connectivity index (χ1v) is 13.9. The van der Waals surface area contributed by atoms with E-state index in [-0.39, 0.29) is 5.91 Å². The average molecular weight is 451 g/mol. The number of amides is 1. The Bertz CT molecular complexity index is 817. The van der Waals surface area contributed by atoms with E-state index in [2.05, 4.69) is 20.8 Å². The van der Waals surface area contributed by atoms with Crippen molar-refractivity contribution in [3.63, 3.8) is 0 Å². The lowest BCUT2D eigenvalue weighted by molar-refractivity contribution is 0.0305. The number of piperidine rings is 3. The summed E-state index contributed by atoms with van der Waals surface area (Å²) in [5, 5.41) is 0. The largest absolute Gasteiger partial charge is 0.357 e. The van der Waals surface area contributed by atoms with E-state index in [0.29, 0.717) is 5.41 Å². The lowest BCUT2D eigenvalue weighted by atomic mass is 9.70. The van der Waals surface area contributed by atoms with Crippen LogP contribution in [0.15, 0.2) is 18.3 Å². The summed E-state index contributed by atoms with van der Waals surface area (Å²) in [6, 6.07) is 5.03. The van der Waals surface area contributed by atoms with Gasteiger partial charge in [-0.05, 0) is 93.8 Å². The van der Waals surface area contributed by atoms with Crippen molar-refractivity contribution >= 4 is 11.7 Å². The van der Waals surface area contributed by atoms with E-state index in [1.54, 1.807) is 0 Å². The molecule has 0 radical (unpaired) electrons. The number of nitrogens with zero attached hydrogens (tertiary/aromatic N) is 4. The normalized spacial score (nSPS) is 30.7. The van der Waals surface area contributed by atoms with E-state index in [1.807, 2.05) is 12.3 Å². The van der Waals surface area contributed by atoms with Gasteiger partial charge in [0.15, 0.2) is 0 Å². The van der Waals surface area contributed by atoms with E-state index in [0.717, 1.165) is 55.4 Å². The molecule has 5 heteroatoms. The van der Waals surface area contributed by atoms with Gasteiger partial charge in [0.2, 0.25) is 0 Å². The molecule has 1 aromatic rings. The van der Waals surface area contributed by atoms with Gasteiger partial charge in [-0.2, -0.15) is 0 Å². The van der Waals surface area contributed by atoms with Crippen molar-refractivity contribution < 1.29 is 4.79 Å². The van der Waals surface area contributed by atoms with Crippen LogP contribution >= 0.6 is 0 Å². The molecule has 5 aliphatic rings. The predicted octanol–water partition coefficient (Wildman–Crippen LogP) is 4.97.